The van der Waals surface area contributed by atoms with E-state index in [-0.39, 0.29) is 0 Å². The minimum atomic E-state index is -0.558. The highest BCUT2D eigenvalue weighted by Gasteiger charge is 2.16. The summed E-state index contributed by atoms with van der Waals surface area (Å²) in [5.41, 5.74) is 2.95. The van der Waals surface area contributed by atoms with E-state index in [1.807, 2.05) is 32.0 Å². The molecule has 1 heterocycles. The number of benzene rings is 1. The Morgan fingerprint density at radius 3 is 2.35 bits per heavy atom. The summed E-state index contributed by atoms with van der Waals surface area (Å²) in [6, 6.07) is 7.66. The molecule has 1 nitrogen and oxygen atoms in total. The summed E-state index contributed by atoms with van der Waals surface area (Å²) in [5.74, 6) is 0. The van der Waals surface area contributed by atoms with Gasteiger partial charge in [0.1, 0.15) is 6.10 Å². The number of aliphatic hydroxyl groups is 1. The molecule has 0 radical (unpaired) electrons. The third-order valence-corrected chi connectivity index (χ3v) is 4.12. The van der Waals surface area contributed by atoms with Crippen molar-refractivity contribution in [3.8, 4) is 0 Å². The van der Waals surface area contributed by atoms with Gasteiger partial charge in [0.25, 0.3) is 0 Å². The Kier molecular flexibility index (Phi) is 3.57. The second kappa shape index (κ2) is 4.81. The molecule has 0 aliphatic heterocycles. The molecule has 1 aromatic carbocycles. The van der Waals surface area contributed by atoms with E-state index in [4.69, 9.17) is 11.6 Å². The van der Waals surface area contributed by atoms with Crippen molar-refractivity contribution in [1.82, 2.24) is 0 Å². The van der Waals surface area contributed by atoms with Gasteiger partial charge in [0.05, 0.1) is 0 Å². The van der Waals surface area contributed by atoms with Gasteiger partial charge in [0.15, 0.2) is 0 Å². The van der Waals surface area contributed by atoms with Crippen molar-refractivity contribution in [1.29, 1.82) is 0 Å². The van der Waals surface area contributed by atoms with Crippen LogP contribution >= 0.6 is 22.9 Å². The highest BCUT2D eigenvalue weighted by molar-refractivity contribution is 7.12. The summed E-state index contributed by atoms with van der Waals surface area (Å²) in [7, 11) is 0. The summed E-state index contributed by atoms with van der Waals surface area (Å²) >= 11 is 7.64. The Bertz CT molecular complexity index is 545. The molecule has 0 saturated heterocycles. The van der Waals surface area contributed by atoms with Crippen LogP contribution in [0.25, 0.3) is 0 Å². The molecule has 0 aliphatic carbocycles. The minimum absolute atomic E-state index is 0.558. The molecule has 3 heteroatoms. The van der Waals surface area contributed by atoms with Gasteiger partial charge in [-0.3, -0.25) is 0 Å². The molecule has 0 spiro atoms. The van der Waals surface area contributed by atoms with Crippen molar-refractivity contribution in [2.75, 3.05) is 0 Å². The van der Waals surface area contributed by atoms with Crippen LogP contribution in [0.3, 0.4) is 0 Å². The predicted octanol–water partition coefficient (Wildman–Crippen LogP) is 4.41. The molecule has 90 valence electrons. The third-order valence-electron chi connectivity index (χ3n) is 2.90. The molecule has 1 N–H and O–H groups in total. The Balaban J connectivity index is 2.43. The number of aryl methyl sites for hydroxylation is 3. The van der Waals surface area contributed by atoms with Crippen LogP contribution in [0, 0.1) is 20.8 Å². The van der Waals surface area contributed by atoms with Crippen LogP contribution in [-0.4, -0.2) is 5.11 Å². The van der Waals surface area contributed by atoms with E-state index in [9.17, 15) is 5.11 Å². The van der Waals surface area contributed by atoms with Crippen LogP contribution < -0.4 is 0 Å². The van der Waals surface area contributed by atoms with Crippen molar-refractivity contribution in [2.45, 2.75) is 26.9 Å². The minimum Gasteiger partial charge on any atom is -0.384 e. The first kappa shape index (κ1) is 12.6. The first-order chi connectivity index (χ1) is 7.99. The Hall–Kier alpha value is -0.830. The molecular weight excluding hydrogens is 252 g/mol. The number of hydrogen-bond acceptors (Lipinski definition) is 2. The first-order valence-corrected chi connectivity index (χ1v) is 6.69. The maximum atomic E-state index is 10.4. The van der Waals surface area contributed by atoms with Crippen LogP contribution in [0.4, 0.5) is 0 Å². The molecule has 2 aromatic rings. The molecule has 2 rings (SSSR count). The topological polar surface area (TPSA) is 20.2 Å². The fourth-order valence-corrected chi connectivity index (χ4v) is 3.22. The number of rotatable bonds is 2. The van der Waals surface area contributed by atoms with Gasteiger partial charge in [-0.15, -0.1) is 11.3 Å². The molecule has 0 amide bonds. The van der Waals surface area contributed by atoms with E-state index in [2.05, 4.69) is 13.0 Å². The smallest absolute Gasteiger partial charge is 0.105 e. The number of thiophene rings is 1. The second-order valence-corrected chi connectivity index (χ2v) is 6.17. The summed E-state index contributed by atoms with van der Waals surface area (Å²) in [6.45, 7) is 6.07. The lowest BCUT2D eigenvalue weighted by Gasteiger charge is -2.14. The molecule has 0 bridgehead atoms. The Morgan fingerprint density at radius 2 is 1.82 bits per heavy atom. The monoisotopic (exact) mass is 266 g/mol. The van der Waals surface area contributed by atoms with Crippen LogP contribution in [0.5, 0.6) is 0 Å². The zero-order valence-corrected chi connectivity index (χ0v) is 11.7. The fraction of sp³-hybridized carbons (Fsp3) is 0.286. The third kappa shape index (κ3) is 2.54. The van der Waals surface area contributed by atoms with Gasteiger partial charge < -0.3 is 5.11 Å². The SMILES string of the molecule is Cc1cc(C(O)c2ccc(Cl)cc2C)c(C)s1. The van der Waals surface area contributed by atoms with Crippen LogP contribution in [0.2, 0.25) is 5.02 Å². The highest BCUT2D eigenvalue weighted by Crippen LogP contribution is 2.32. The second-order valence-electron chi connectivity index (χ2n) is 4.27. The summed E-state index contributed by atoms with van der Waals surface area (Å²) in [4.78, 5) is 2.40. The summed E-state index contributed by atoms with van der Waals surface area (Å²) < 4.78 is 0. The number of halogens is 1. The van der Waals surface area contributed by atoms with E-state index in [0.29, 0.717) is 5.02 Å². The van der Waals surface area contributed by atoms with Crippen molar-refractivity contribution < 1.29 is 5.11 Å². The van der Waals surface area contributed by atoms with Gasteiger partial charge in [-0.2, -0.15) is 0 Å². The van der Waals surface area contributed by atoms with Gasteiger partial charge >= 0.3 is 0 Å². The molecule has 1 aromatic heterocycles. The van der Waals surface area contributed by atoms with Crippen LogP contribution in [0.15, 0.2) is 24.3 Å². The van der Waals surface area contributed by atoms with Crippen LogP contribution in [-0.2, 0) is 0 Å². The van der Waals surface area contributed by atoms with Gasteiger partial charge in [-0.1, -0.05) is 17.7 Å². The Labute approximate surface area is 111 Å². The molecule has 1 unspecified atom stereocenters. The highest BCUT2D eigenvalue weighted by atomic mass is 35.5. The van der Waals surface area contributed by atoms with Gasteiger partial charge in [-0.05, 0) is 55.7 Å². The summed E-state index contributed by atoms with van der Waals surface area (Å²) in [6.07, 6.45) is -0.558. The maximum Gasteiger partial charge on any atom is 0.105 e. The first-order valence-electron chi connectivity index (χ1n) is 5.50. The molecule has 0 saturated carbocycles. The van der Waals surface area contributed by atoms with E-state index < -0.39 is 6.10 Å². The van der Waals surface area contributed by atoms with E-state index in [1.54, 1.807) is 11.3 Å². The average molecular weight is 267 g/mol. The maximum absolute atomic E-state index is 10.4. The van der Waals surface area contributed by atoms with Crippen molar-refractivity contribution in [2.24, 2.45) is 0 Å². The zero-order chi connectivity index (χ0) is 12.6. The van der Waals surface area contributed by atoms with Crippen molar-refractivity contribution in [3.05, 3.63) is 55.7 Å². The number of aliphatic hydroxyl groups excluding tert-OH is 1. The molecule has 0 aliphatic rings. The quantitative estimate of drug-likeness (QED) is 0.854. The van der Waals surface area contributed by atoms with E-state index in [0.717, 1.165) is 16.7 Å². The van der Waals surface area contributed by atoms with Gasteiger partial charge in [0, 0.05) is 14.8 Å². The van der Waals surface area contributed by atoms with Crippen molar-refractivity contribution >= 4 is 22.9 Å². The number of hydrogen-bond donors (Lipinski definition) is 1. The fourth-order valence-electron chi connectivity index (χ4n) is 2.04. The lowest BCUT2D eigenvalue weighted by Crippen LogP contribution is -2.02. The molecular formula is C14H15ClOS. The van der Waals surface area contributed by atoms with Gasteiger partial charge in [0.2, 0.25) is 0 Å². The average Bonchev–Trinajstić information content (AvgIpc) is 2.57. The van der Waals surface area contributed by atoms with E-state index in [1.165, 1.54) is 9.75 Å². The molecule has 1 atom stereocenters. The van der Waals surface area contributed by atoms with Gasteiger partial charge in [-0.25, -0.2) is 0 Å². The largest absolute Gasteiger partial charge is 0.384 e. The van der Waals surface area contributed by atoms with E-state index >= 15 is 0 Å². The lowest BCUT2D eigenvalue weighted by molar-refractivity contribution is 0.219. The Morgan fingerprint density at radius 1 is 1.12 bits per heavy atom. The molecule has 0 fully saturated rings. The predicted molar refractivity (Wildman–Crippen MR) is 74.0 cm³/mol. The van der Waals surface area contributed by atoms with Crippen LogP contribution in [0.1, 0.15) is 32.5 Å². The summed E-state index contributed by atoms with van der Waals surface area (Å²) in [5, 5.41) is 11.1. The standard InChI is InChI=1S/C14H15ClOS/c1-8-6-11(15)4-5-12(8)14(16)13-7-9(2)17-10(13)3/h4-7,14,16H,1-3H3. The molecule has 17 heavy (non-hydrogen) atoms. The lowest BCUT2D eigenvalue weighted by atomic mass is 9.98. The van der Waals surface area contributed by atoms with Crippen molar-refractivity contribution in [3.63, 3.8) is 0 Å². The normalized spacial score (nSPS) is 12.8. The zero-order valence-electron chi connectivity index (χ0n) is 10.1.